The zero-order chi connectivity index (χ0) is 8.97. The fourth-order valence-electron chi connectivity index (χ4n) is 0.853. The summed E-state index contributed by atoms with van der Waals surface area (Å²) in [5.41, 5.74) is 0.762. The third-order valence-electron chi connectivity index (χ3n) is 1.40. The van der Waals surface area contributed by atoms with Crippen LogP contribution in [0.4, 0.5) is 0 Å². The molecule has 1 aromatic rings. The predicted octanol–water partition coefficient (Wildman–Crippen LogP) is 3.41. The highest BCUT2D eigenvalue weighted by atomic mass is 79.9. The van der Waals surface area contributed by atoms with Gasteiger partial charge in [-0.15, -0.1) is 11.6 Å². The highest BCUT2D eigenvalue weighted by molar-refractivity contribution is 9.10. The van der Waals surface area contributed by atoms with E-state index in [4.69, 9.17) is 11.6 Å². The molecule has 0 radical (unpaired) electrons. The van der Waals surface area contributed by atoms with Crippen molar-refractivity contribution in [1.82, 2.24) is 0 Å². The van der Waals surface area contributed by atoms with E-state index in [-0.39, 0.29) is 5.75 Å². The highest BCUT2D eigenvalue weighted by Gasteiger charge is 1.99. The van der Waals surface area contributed by atoms with Crippen LogP contribution in [0.5, 0.6) is 5.75 Å². The topological polar surface area (TPSA) is 20.2 Å². The number of hydrogen-bond donors (Lipinski definition) is 1. The monoisotopic (exact) mass is 246 g/mol. The second-order valence-corrected chi connectivity index (χ2v) is 3.39. The number of hydrogen-bond acceptors (Lipinski definition) is 1. The first kappa shape index (κ1) is 9.62. The molecule has 0 atom stereocenters. The Bertz CT molecular complexity index is 276. The van der Waals surface area contributed by atoms with Crippen LogP contribution in [0, 0.1) is 0 Å². The van der Waals surface area contributed by atoms with Gasteiger partial charge in [-0.3, -0.25) is 0 Å². The lowest BCUT2D eigenvalue weighted by Gasteiger charge is -2.00. The minimum atomic E-state index is 0.255. The quantitative estimate of drug-likeness (QED) is 0.794. The van der Waals surface area contributed by atoms with Gasteiger partial charge in [-0.05, 0) is 12.1 Å². The molecule has 0 bridgehead atoms. The number of allylic oxidation sites excluding steroid dienone is 1. The molecule has 0 aliphatic rings. The number of alkyl halides is 1. The van der Waals surface area contributed by atoms with Crippen LogP contribution in [0.1, 0.15) is 5.56 Å². The molecule has 3 heteroatoms. The van der Waals surface area contributed by atoms with Gasteiger partial charge in [0.15, 0.2) is 0 Å². The Morgan fingerprint density at radius 2 is 2.25 bits per heavy atom. The smallest absolute Gasteiger partial charge is 0.123 e. The molecule has 0 fully saturated rings. The van der Waals surface area contributed by atoms with E-state index >= 15 is 0 Å². The van der Waals surface area contributed by atoms with Crippen molar-refractivity contribution in [1.29, 1.82) is 0 Å². The molecule has 0 unspecified atom stereocenters. The third-order valence-corrected chi connectivity index (χ3v) is 2.27. The van der Waals surface area contributed by atoms with Gasteiger partial charge in [0.1, 0.15) is 5.75 Å². The normalized spacial score (nSPS) is 10.8. The number of aromatic hydroxyl groups is 1. The van der Waals surface area contributed by atoms with Crippen molar-refractivity contribution in [2.24, 2.45) is 0 Å². The van der Waals surface area contributed by atoms with Gasteiger partial charge in [-0.25, -0.2) is 0 Å². The largest absolute Gasteiger partial charge is 0.507 e. The molecular weight excluding hydrogens is 239 g/mol. The summed E-state index contributed by atoms with van der Waals surface area (Å²) >= 11 is 8.80. The maximum absolute atomic E-state index is 9.39. The van der Waals surface area contributed by atoms with Crippen molar-refractivity contribution in [3.8, 4) is 5.75 Å². The van der Waals surface area contributed by atoms with E-state index in [0.717, 1.165) is 10.0 Å². The lowest BCUT2D eigenvalue weighted by Crippen LogP contribution is -1.76. The number of halogens is 2. The molecule has 0 aromatic heterocycles. The maximum Gasteiger partial charge on any atom is 0.123 e. The molecule has 0 amide bonds. The summed E-state index contributed by atoms with van der Waals surface area (Å²) in [5, 5.41) is 9.39. The van der Waals surface area contributed by atoms with Crippen molar-refractivity contribution in [2.45, 2.75) is 0 Å². The summed E-state index contributed by atoms with van der Waals surface area (Å²) < 4.78 is 0.865. The third kappa shape index (κ3) is 2.26. The van der Waals surface area contributed by atoms with Crippen LogP contribution in [0.2, 0.25) is 0 Å². The van der Waals surface area contributed by atoms with Gasteiger partial charge in [0.25, 0.3) is 0 Å². The Labute approximate surface area is 84.8 Å². The second kappa shape index (κ2) is 4.53. The highest BCUT2D eigenvalue weighted by Crippen LogP contribution is 2.26. The molecule has 64 valence electrons. The maximum atomic E-state index is 9.39. The molecule has 1 nitrogen and oxygen atoms in total. The molecule has 1 N–H and O–H groups in total. The molecule has 0 heterocycles. The van der Waals surface area contributed by atoms with Gasteiger partial charge < -0.3 is 5.11 Å². The van der Waals surface area contributed by atoms with Crippen molar-refractivity contribution < 1.29 is 5.11 Å². The number of benzene rings is 1. The van der Waals surface area contributed by atoms with Crippen LogP contribution < -0.4 is 0 Å². The van der Waals surface area contributed by atoms with Crippen LogP contribution in [0.15, 0.2) is 28.7 Å². The van der Waals surface area contributed by atoms with Crippen molar-refractivity contribution in [3.05, 3.63) is 34.3 Å². The zero-order valence-corrected chi connectivity index (χ0v) is 8.64. The first-order valence-corrected chi connectivity index (χ1v) is 4.78. The Kier molecular flexibility index (Phi) is 3.63. The number of phenols is 1. The summed E-state index contributed by atoms with van der Waals surface area (Å²) in [6, 6.07) is 5.28. The molecule has 0 spiro atoms. The number of phenolic OH excluding ortho intramolecular Hbond substituents is 1. The minimum absolute atomic E-state index is 0.255. The van der Waals surface area contributed by atoms with E-state index in [1.165, 1.54) is 0 Å². The van der Waals surface area contributed by atoms with Crippen molar-refractivity contribution in [2.75, 3.05) is 5.88 Å². The molecule has 0 saturated carbocycles. The average molecular weight is 248 g/mol. The van der Waals surface area contributed by atoms with E-state index < -0.39 is 0 Å². The summed E-state index contributed by atoms with van der Waals surface area (Å²) in [6.45, 7) is 0. The van der Waals surface area contributed by atoms with Gasteiger partial charge in [0, 0.05) is 15.9 Å². The summed E-state index contributed by atoms with van der Waals surface area (Å²) in [4.78, 5) is 0. The molecule has 1 rings (SSSR count). The second-order valence-electron chi connectivity index (χ2n) is 2.23. The fraction of sp³-hybridized carbons (Fsp3) is 0.111. The molecule has 0 saturated heterocycles. The van der Waals surface area contributed by atoms with Crippen molar-refractivity contribution in [3.63, 3.8) is 0 Å². The van der Waals surface area contributed by atoms with E-state index in [0.29, 0.717) is 5.88 Å². The summed E-state index contributed by atoms with van der Waals surface area (Å²) in [5.74, 6) is 0.701. The zero-order valence-electron chi connectivity index (χ0n) is 6.30. The van der Waals surface area contributed by atoms with Gasteiger partial charge in [0.05, 0.1) is 0 Å². The average Bonchev–Trinajstić information content (AvgIpc) is 2.04. The fourth-order valence-corrected chi connectivity index (χ4v) is 1.43. The molecule has 0 aliphatic carbocycles. The SMILES string of the molecule is Oc1cccc(Br)c1C=CCCl. The first-order valence-electron chi connectivity index (χ1n) is 3.45. The van der Waals surface area contributed by atoms with Gasteiger partial charge in [-0.2, -0.15) is 0 Å². The van der Waals surface area contributed by atoms with E-state index in [1.807, 2.05) is 6.07 Å². The standard InChI is InChI=1S/C9H8BrClO/c10-8-4-1-5-9(12)7(8)3-2-6-11/h1-5,12H,6H2. The van der Waals surface area contributed by atoms with E-state index in [9.17, 15) is 5.11 Å². The van der Waals surface area contributed by atoms with Crippen LogP contribution in [-0.2, 0) is 0 Å². The van der Waals surface area contributed by atoms with Crippen LogP contribution in [0.3, 0.4) is 0 Å². The minimum Gasteiger partial charge on any atom is -0.507 e. The molecule has 0 aliphatic heterocycles. The molecule has 12 heavy (non-hydrogen) atoms. The van der Waals surface area contributed by atoms with E-state index in [2.05, 4.69) is 15.9 Å². The van der Waals surface area contributed by atoms with Crippen LogP contribution in [0.25, 0.3) is 6.08 Å². The van der Waals surface area contributed by atoms with Gasteiger partial charge in [0.2, 0.25) is 0 Å². The first-order chi connectivity index (χ1) is 5.75. The lowest BCUT2D eigenvalue weighted by molar-refractivity contribution is 0.473. The molecular formula is C9H8BrClO. The Morgan fingerprint density at radius 3 is 2.83 bits per heavy atom. The Balaban J connectivity index is 3.04. The Morgan fingerprint density at radius 1 is 1.50 bits per heavy atom. The predicted molar refractivity (Wildman–Crippen MR) is 55.6 cm³/mol. The Hall–Kier alpha value is -0.470. The summed E-state index contributed by atoms with van der Waals surface area (Å²) in [6.07, 6.45) is 3.56. The van der Waals surface area contributed by atoms with Crippen LogP contribution >= 0.6 is 27.5 Å². The van der Waals surface area contributed by atoms with Crippen molar-refractivity contribution >= 4 is 33.6 Å². The molecule has 1 aromatic carbocycles. The number of rotatable bonds is 2. The van der Waals surface area contributed by atoms with Gasteiger partial charge in [-0.1, -0.05) is 34.1 Å². The van der Waals surface area contributed by atoms with E-state index in [1.54, 1.807) is 24.3 Å². The van der Waals surface area contributed by atoms with Gasteiger partial charge >= 0.3 is 0 Å². The van der Waals surface area contributed by atoms with Crippen LogP contribution in [-0.4, -0.2) is 11.0 Å². The summed E-state index contributed by atoms with van der Waals surface area (Å²) in [7, 11) is 0. The lowest BCUT2D eigenvalue weighted by atomic mass is 10.2.